The number of hydrogen-bond donors (Lipinski definition) is 1. The Morgan fingerprint density at radius 3 is 2.76 bits per heavy atom. The van der Waals surface area contributed by atoms with E-state index in [2.05, 4.69) is 51.8 Å². The number of rotatable bonds is 4. The fourth-order valence-electron chi connectivity index (χ4n) is 3.42. The number of pyridine rings is 2. The highest BCUT2D eigenvalue weighted by Crippen LogP contribution is 2.42. The van der Waals surface area contributed by atoms with Crippen LogP contribution in [0.25, 0.3) is 22.2 Å². The van der Waals surface area contributed by atoms with Gasteiger partial charge in [-0.1, -0.05) is 12.1 Å². The standard InChI is InChI=1S/C22H18N6.ClH/c1-28-20-10-16(4-5-17(20)13-25-28)19-9-18(15-2-3-15)11-22(26-19)27-21-8-14(12-23)6-7-24-21;/h4-11,13,15H,2-3H2,1H3,(H,24,26,27);1H. The van der Waals surface area contributed by atoms with Crippen LogP contribution >= 0.6 is 12.4 Å². The summed E-state index contributed by atoms with van der Waals surface area (Å²) in [5, 5.41) is 17.8. The molecule has 144 valence electrons. The SMILES string of the molecule is Cl.Cn1ncc2ccc(-c3cc(C4CC4)cc(Nc4cc(C#N)ccn4)n3)cc21. The van der Waals surface area contributed by atoms with Crippen molar-refractivity contribution in [3.05, 3.63) is 66.0 Å². The van der Waals surface area contributed by atoms with Gasteiger partial charge in [0, 0.05) is 24.2 Å². The highest BCUT2D eigenvalue weighted by molar-refractivity contribution is 5.85. The molecule has 0 radical (unpaired) electrons. The molecule has 0 bridgehead atoms. The predicted molar refractivity (Wildman–Crippen MR) is 115 cm³/mol. The second-order valence-corrected chi connectivity index (χ2v) is 7.15. The number of aryl methyl sites for hydroxylation is 1. The number of nitriles is 1. The highest BCUT2D eigenvalue weighted by atomic mass is 35.5. The van der Waals surface area contributed by atoms with E-state index < -0.39 is 0 Å². The number of nitrogens with one attached hydrogen (secondary N) is 1. The molecule has 1 aliphatic rings. The Labute approximate surface area is 174 Å². The minimum absolute atomic E-state index is 0. The Hall–Kier alpha value is -3.43. The van der Waals surface area contributed by atoms with Crippen LogP contribution in [-0.2, 0) is 7.05 Å². The van der Waals surface area contributed by atoms with Crippen LogP contribution in [0.2, 0.25) is 0 Å². The Bertz CT molecular complexity index is 1240. The van der Waals surface area contributed by atoms with Gasteiger partial charge in [-0.05, 0) is 54.7 Å². The maximum atomic E-state index is 9.11. The van der Waals surface area contributed by atoms with Crippen molar-refractivity contribution >= 4 is 34.9 Å². The van der Waals surface area contributed by atoms with Crippen molar-refractivity contribution in [1.29, 1.82) is 5.26 Å². The van der Waals surface area contributed by atoms with Gasteiger partial charge in [0.2, 0.25) is 0 Å². The maximum Gasteiger partial charge on any atom is 0.132 e. The Kier molecular flexibility index (Phi) is 4.91. The third kappa shape index (κ3) is 3.78. The zero-order valence-electron chi connectivity index (χ0n) is 15.8. The largest absolute Gasteiger partial charge is 0.325 e. The lowest BCUT2D eigenvalue weighted by atomic mass is 10.1. The van der Waals surface area contributed by atoms with E-state index in [1.807, 2.05) is 17.9 Å². The van der Waals surface area contributed by atoms with Crippen molar-refractivity contribution in [2.75, 3.05) is 5.32 Å². The number of benzene rings is 1. The van der Waals surface area contributed by atoms with Crippen molar-refractivity contribution < 1.29 is 0 Å². The number of anilines is 2. The summed E-state index contributed by atoms with van der Waals surface area (Å²) in [7, 11) is 1.95. The summed E-state index contributed by atoms with van der Waals surface area (Å²) < 4.78 is 1.88. The van der Waals surface area contributed by atoms with Crippen LogP contribution in [0.5, 0.6) is 0 Å². The molecule has 6 nitrogen and oxygen atoms in total. The van der Waals surface area contributed by atoms with E-state index in [0.717, 1.165) is 28.0 Å². The average Bonchev–Trinajstić information content (AvgIpc) is 3.51. The first kappa shape index (κ1) is 18.9. The van der Waals surface area contributed by atoms with E-state index in [9.17, 15) is 0 Å². The molecule has 29 heavy (non-hydrogen) atoms. The first-order chi connectivity index (χ1) is 13.7. The molecule has 5 rings (SSSR count). The summed E-state index contributed by atoms with van der Waals surface area (Å²) in [5.41, 5.74) is 4.91. The number of fused-ring (bicyclic) bond motifs is 1. The van der Waals surface area contributed by atoms with Crippen molar-refractivity contribution in [2.24, 2.45) is 7.05 Å². The van der Waals surface area contributed by atoms with Crippen molar-refractivity contribution in [2.45, 2.75) is 18.8 Å². The second kappa shape index (κ2) is 7.53. The van der Waals surface area contributed by atoms with Crippen LogP contribution in [-0.4, -0.2) is 19.7 Å². The molecule has 1 saturated carbocycles. The summed E-state index contributed by atoms with van der Waals surface area (Å²) in [6.45, 7) is 0. The molecule has 1 aromatic carbocycles. The van der Waals surface area contributed by atoms with E-state index in [0.29, 0.717) is 17.3 Å². The van der Waals surface area contributed by atoms with Gasteiger partial charge in [-0.3, -0.25) is 4.68 Å². The lowest BCUT2D eigenvalue weighted by Gasteiger charge is -2.11. The van der Waals surface area contributed by atoms with Crippen LogP contribution in [0.15, 0.2) is 54.9 Å². The topological polar surface area (TPSA) is 79.4 Å². The van der Waals surface area contributed by atoms with E-state index in [1.54, 1.807) is 18.3 Å². The fourth-order valence-corrected chi connectivity index (χ4v) is 3.42. The third-order valence-electron chi connectivity index (χ3n) is 5.09. The van der Waals surface area contributed by atoms with Crippen LogP contribution in [0.4, 0.5) is 11.6 Å². The first-order valence-electron chi connectivity index (χ1n) is 9.27. The van der Waals surface area contributed by atoms with Crippen molar-refractivity contribution in [3.8, 4) is 17.3 Å². The average molecular weight is 403 g/mol. The number of nitrogens with zero attached hydrogens (tertiary/aromatic N) is 5. The molecular formula is C22H19ClN6. The van der Waals surface area contributed by atoms with Gasteiger partial charge in [0.1, 0.15) is 11.6 Å². The monoisotopic (exact) mass is 402 g/mol. The smallest absolute Gasteiger partial charge is 0.132 e. The lowest BCUT2D eigenvalue weighted by Crippen LogP contribution is -1.99. The summed E-state index contributed by atoms with van der Waals surface area (Å²) in [4.78, 5) is 9.13. The summed E-state index contributed by atoms with van der Waals surface area (Å²) >= 11 is 0. The fraction of sp³-hybridized carbons (Fsp3) is 0.182. The normalized spacial score (nSPS) is 13.0. The zero-order valence-corrected chi connectivity index (χ0v) is 16.6. The van der Waals surface area contributed by atoms with Gasteiger partial charge < -0.3 is 5.32 Å². The minimum Gasteiger partial charge on any atom is -0.325 e. The van der Waals surface area contributed by atoms with E-state index in [1.165, 1.54) is 18.4 Å². The molecule has 0 amide bonds. The van der Waals surface area contributed by atoms with Crippen molar-refractivity contribution in [1.82, 2.24) is 19.7 Å². The molecule has 4 aromatic rings. The summed E-state index contributed by atoms with van der Waals surface area (Å²) in [5.74, 6) is 1.96. The molecule has 3 heterocycles. The van der Waals surface area contributed by atoms with Crippen LogP contribution in [0.1, 0.15) is 29.9 Å². The van der Waals surface area contributed by atoms with E-state index >= 15 is 0 Å². The molecule has 0 atom stereocenters. The Morgan fingerprint density at radius 2 is 1.97 bits per heavy atom. The Balaban J connectivity index is 0.00000205. The summed E-state index contributed by atoms with van der Waals surface area (Å²) in [6, 6.07) is 16.1. The van der Waals surface area contributed by atoms with Gasteiger partial charge in [-0.15, -0.1) is 12.4 Å². The van der Waals surface area contributed by atoms with E-state index in [4.69, 9.17) is 10.2 Å². The number of aromatic nitrogens is 4. The van der Waals surface area contributed by atoms with Gasteiger partial charge in [0.05, 0.1) is 29.0 Å². The zero-order chi connectivity index (χ0) is 19.1. The van der Waals surface area contributed by atoms with Gasteiger partial charge in [-0.2, -0.15) is 10.4 Å². The van der Waals surface area contributed by atoms with Gasteiger partial charge in [0.25, 0.3) is 0 Å². The molecule has 1 N–H and O–H groups in total. The minimum atomic E-state index is 0. The van der Waals surface area contributed by atoms with Crippen LogP contribution in [0, 0.1) is 11.3 Å². The molecule has 0 unspecified atom stereocenters. The number of hydrogen-bond acceptors (Lipinski definition) is 5. The maximum absolute atomic E-state index is 9.11. The molecule has 0 spiro atoms. The lowest BCUT2D eigenvalue weighted by molar-refractivity contribution is 0.797. The first-order valence-corrected chi connectivity index (χ1v) is 9.27. The molecule has 0 aliphatic heterocycles. The molecular weight excluding hydrogens is 384 g/mol. The molecule has 7 heteroatoms. The molecule has 1 fully saturated rings. The predicted octanol–water partition coefficient (Wildman–Crippen LogP) is 4.94. The van der Waals surface area contributed by atoms with Gasteiger partial charge in [-0.25, -0.2) is 9.97 Å². The Morgan fingerprint density at radius 1 is 1.10 bits per heavy atom. The third-order valence-corrected chi connectivity index (χ3v) is 5.09. The van der Waals surface area contributed by atoms with Crippen LogP contribution < -0.4 is 5.32 Å². The molecule has 3 aromatic heterocycles. The molecule has 1 aliphatic carbocycles. The summed E-state index contributed by atoms with van der Waals surface area (Å²) in [6.07, 6.45) is 5.93. The second-order valence-electron chi connectivity index (χ2n) is 7.15. The molecule has 0 saturated heterocycles. The number of halogens is 1. The van der Waals surface area contributed by atoms with Gasteiger partial charge in [0.15, 0.2) is 0 Å². The van der Waals surface area contributed by atoms with E-state index in [-0.39, 0.29) is 12.4 Å². The quantitative estimate of drug-likeness (QED) is 0.522. The van der Waals surface area contributed by atoms with Gasteiger partial charge >= 0.3 is 0 Å². The van der Waals surface area contributed by atoms with Crippen molar-refractivity contribution in [3.63, 3.8) is 0 Å². The highest BCUT2D eigenvalue weighted by Gasteiger charge is 2.25. The van der Waals surface area contributed by atoms with Crippen LogP contribution in [0.3, 0.4) is 0 Å².